The number of sulfone groups is 1. The van der Waals surface area contributed by atoms with Crippen LogP contribution in [0, 0.1) is 0 Å². The number of aromatic nitrogens is 2. The number of ether oxygens (including phenoxy) is 1. The second-order valence-corrected chi connectivity index (χ2v) is 12.7. The van der Waals surface area contributed by atoms with Crippen LogP contribution in [-0.4, -0.2) is 66.4 Å². The third-order valence-electron chi connectivity index (χ3n) is 7.02. The number of rotatable bonds is 7. The lowest BCUT2D eigenvalue weighted by Crippen LogP contribution is -2.56. The molecule has 1 saturated heterocycles. The summed E-state index contributed by atoms with van der Waals surface area (Å²) in [7, 11) is -3.09. The Bertz CT molecular complexity index is 1010. The van der Waals surface area contributed by atoms with Gasteiger partial charge in [0.1, 0.15) is 9.84 Å². The van der Waals surface area contributed by atoms with Crippen LogP contribution in [-0.2, 0) is 21.0 Å². The first-order valence-electron chi connectivity index (χ1n) is 12.0. The van der Waals surface area contributed by atoms with Crippen molar-refractivity contribution < 1.29 is 13.2 Å². The Hall–Kier alpha value is -1.41. The van der Waals surface area contributed by atoms with Gasteiger partial charge < -0.3 is 4.74 Å². The summed E-state index contributed by atoms with van der Waals surface area (Å²) >= 11 is 6.07. The number of hydrogen-bond acceptors (Lipinski definition) is 5. The fourth-order valence-electron chi connectivity index (χ4n) is 5.30. The van der Waals surface area contributed by atoms with Crippen LogP contribution in [0.15, 0.2) is 36.5 Å². The van der Waals surface area contributed by atoms with Gasteiger partial charge in [0.05, 0.1) is 24.2 Å². The first-order chi connectivity index (χ1) is 15.7. The van der Waals surface area contributed by atoms with Gasteiger partial charge in [-0.3, -0.25) is 9.58 Å². The molecule has 2 heterocycles. The van der Waals surface area contributed by atoms with E-state index in [1.165, 1.54) is 17.5 Å². The van der Waals surface area contributed by atoms with Crippen LogP contribution in [0.2, 0.25) is 5.02 Å². The fraction of sp³-hybridized carbons (Fsp3) is 0.640. The molecule has 1 saturated carbocycles. The predicted molar refractivity (Wildman–Crippen MR) is 133 cm³/mol. The molecule has 182 valence electrons. The summed E-state index contributed by atoms with van der Waals surface area (Å²) in [5.41, 5.74) is 2.43. The average Bonchev–Trinajstić information content (AvgIpc) is 3.26. The van der Waals surface area contributed by atoms with Crippen LogP contribution in [0.3, 0.4) is 0 Å². The standard InChI is InChI=1S/C25H36ClN3O3S/c1-18(2)29-13-12-25(27-29)20-6-10-22(11-7-20)28-15-24(17-33(3,30)31)32-16-23(28)14-19-4-8-21(26)9-5-19/h4-5,8-9,12-13,18,20,22-24H,6-7,10-11,14-17H2,1-3H3/t20?,22?,23-,24+/m0/s1. The molecule has 1 aliphatic heterocycles. The Morgan fingerprint density at radius 1 is 1.12 bits per heavy atom. The molecule has 2 fully saturated rings. The molecule has 33 heavy (non-hydrogen) atoms. The molecule has 0 amide bonds. The molecule has 1 aromatic carbocycles. The van der Waals surface area contributed by atoms with E-state index in [0.717, 1.165) is 37.1 Å². The number of benzene rings is 1. The lowest BCUT2D eigenvalue weighted by atomic mass is 9.82. The maximum atomic E-state index is 11.9. The molecule has 8 heteroatoms. The van der Waals surface area contributed by atoms with Crippen LogP contribution >= 0.6 is 11.6 Å². The molecule has 2 aromatic rings. The van der Waals surface area contributed by atoms with Crippen molar-refractivity contribution in [2.75, 3.05) is 25.2 Å². The smallest absolute Gasteiger partial charge is 0.150 e. The van der Waals surface area contributed by atoms with E-state index in [2.05, 4.69) is 43.1 Å². The highest BCUT2D eigenvalue weighted by molar-refractivity contribution is 7.90. The van der Waals surface area contributed by atoms with Gasteiger partial charge in [0.15, 0.2) is 0 Å². The Kier molecular flexibility index (Phi) is 7.83. The maximum Gasteiger partial charge on any atom is 0.150 e. The van der Waals surface area contributed by atoms with Crippen molar-refractivity contribution >= 4 is 21.4 Å². The summed E-state index contributed by atoms with van der Waals surface area (Å²) in [4.78, 5) is 2.54. The topological polar surface area (TPSA) is 64.4 Å². The first kappa shape index (κ1) is 24.7. The van der Waals surface area contributed by atoms with E-state index in [1.807, 2.05) is 16.8 Å². The van der Waals surface area contributed by atoms with Gasteiger partial charge >= 0.3 is 0 Å². The molecular formula is C25H36ClN3O3S. The zero-order valence-corrected chi connectivity index (χ0v) is 21.4. The van der Waals surface area contributed by atoms with Crippen molar-refractivity contribution in [2.24, 2.45) is 0 Å². The average molecular weight is 494 g/mol. The molecule has 0 N–H and O–H groups in total. The van der Waals surface area contributed by atoms with E-state index >= 15 is 0 Å². The van der Waals surface area contributed by atoms with E-state index in [4.69, 9.17) is 21.4 Å². The largest absolute Gasteiger partial charge is 0.374 e. The summed E-state index contributed by atoms with van der Waals surface area (Å²) in [6.07, 6.45) is 8.42. The first-order valence-corrected chi connectivity index (χ1v) is 14.5. The van der Waals surface area contributed by atoms with E-state index < -0.39 is 9.84 Å². The number of hydrogen-bond donors (Lipinski definition) is 0. The zero-order chi connectivity index (χ0) is 23.6. The maximum absolute atomic E-state index is 11.9. The molecule has 1 aliphatic carbocycles. The van der Waals surface area contributed by atoms with Crippen molar-refractivity contribution in [1.29, 1.82) is 0 Å². The molecule has 0 radical (unpaired) electrons. The molecule has 1 aromatic heterocycles. The number of nitrogens with zero attached hydrogens (tertiary/aromatic N) is 3. The quantitative estimate of drug-likeness (QED) is 0.568. The van der Waals surface area contributed by atoms with E-state index in [1.54, 1.807) is 0 Å². The molecule has 0 bridgehead atoms. The van der Waals surface area contributed by atoms with Gasteiger partial charge in [-0.25, -0.2) is 8.42 Å². The third-order valence-corrected chi connectivity index (χ3v) is 8.25. The lowest BCUT2D eigenvalue weighted by Gasteiger charge is -2.46. The highest BCUT2D eigenvalue weighted by Gasteiger charge is 2.37. The molecule has 4 rings (SSSR count). The number of morpholine rings is 1. The Morgan fingerprint density at radius 2 is 1.82 bits per heavy atom. The van der Waals surface area contributed by atoms with Gasteiger partial charge in [-0.1, -0.05) is 23.7 Å². The zero-order valence-electron chi connectivity index (χ0n) is 19.9. The minimum absolute atomic E-state index is 0.0825. The van der Waals surface area contributed by atoms with E-state index in [9.17, 15) is 8.42 Å². The van der Waals surface area contributed by atoms with Crippen LogP contribution < -0.4 is 0 Å². The van der Waals surface area contributed by atoms with Crippen molar-refractivity contribution in [2.45, 2.75) is 76.1 Å². The molecule has 0 spiro atoms. The monoisotopic (exact) mass is 493 g/mol. The summed E-state index contributed by atoms with van der Waals surface area (Å²) in [5, 5.41) is 5.54. The highest BCUT2D eigenvalue weighted by Crippen LogP contribution is 2.36. The van der Waals surface area contributed by atoms with E-state index in [-0.39, 0.29) is 17.9 Å². The van der Waals surface area contributed by atoms with E-state index in [0.29, 0.717) is 31.2 Å². The molecule has 6 nitrogen and oxygen atoms in total. The minimum Gasteiger partial charge on any atom is -0.374 e. The summed E-state index contributed by atoms with van der Waals surface area (Å²) in [5.74, 6) is 0.586. The van der Waals surface area contributed by atoms with Gasteiger partial charge in [0.2, 0.25) is 0 Å². The Balaban J connectivity index is 1.44. The van der Waals surface area contributed by atoms with Gasteiger partial charge in [-0.15, -0.1) is 0 Å². The van der Waals surface area contributed by atoms with Crippen LogP contribution in [0.1, 0.15) is 62.7 Å². The Labute approximate surface area is 203 Å². The highest BCUT2D eigenvalue weighted by atomic mass is 35.5. The summed E-state index contributed by atoms with van der Waals surface area (Å²) < 4.78 is 31.9. The van der Waals surface area contributed by atoms with Crippen molar-refractivity contribution in [3.63, 3.8) is 0 Å². The lowest BCUT2D eigenvalue weighted by molar-refractivity contribution is -0.0755. The van der Waals surface area contributed by atoms with Gasteiger partial charge in [0.25, 0.3) is 0 Å². The molecule has 2 aliphatic rings. The second kappa shape index (κ2) is 10.5. The summed E-state index contributed by atoms with van der Waals surface area (Å²) in [6, 6.07) is 11.2. The normalized spacial score (nSPS) is 27.2. The fourth-order valence-corrected chi connectivity index (χ4v) is 6.30. The third kappa shape index (κ3) is 6.59. The summed E-state index contributed by atoms with van der Waals surface area (Å²) in [6.45, 7) is 5.53. The predicted octanol–water partition coefficient (Wildman–Crippen LogP) is 4.50. The SMILES string of the molecule is CC(C)n1ccc(C2CCC(N3C[C@H](CS(C)(=O)=O)OC[C@@H]3Cc3ccc(Cl)cc3)CC2)n1. The second-order valence-electron chi connectivity index (χ2n) is 10.0. The molecular weight excluding hydrogens is 458 g/mol. The Morgan fingerprint density at radius 3 is 2.42 bits per heavy atom. The van der Waals surface area contributed by atoms with Crippen molar-refractivity contribution in [3.8, 4) is 0 Å². The van der Waals surface area contributed by atoms with Gasteiger partial charge in [-0.05, 0) is 69.7 Å². The van der Waals surface area contributed by atoms with Crippen molar-refractivity contribution in [1.82, 2.24) is 14.7 Å². The molecule has 0 unspecified atom stereocenters. The minimum atomic E-state index is -3.09. The molecule has 2 atom stereocenters. The van der Waals surface area contributed by atoms with Crippen LogP contribution in [0.4, 0.5) is 0 Å². The van der Waals surface area contributed by atoms with Gasteiger partial charge in [-0.2, -0.15) is 5.10 Å². The van der Waals surface area contributed by atoms with Crippen LogP contribution in [0.5, 0.6) is 0 Å². The van der Waals surface area contributed by atoms with Crippen molar-refractivity contribution in [3.05, 3.63) is 52.8 Å². The number of halogens is 1. The van der Waals surface area contributed by atoms with Crippen LogP contribution in [0.25, 0.3) is 0 Å². The van der Waals surface area contributed by atoms with Gasteiger partial charge in [0, 0.05) is 48.1 Å².